The van der Waals surface area contributed by atoms with Crippen LogP contribution < -0.4 is 0 Å². The topological polar surface area (TPSA) is 55.3 Å². The molecule has 0 radical (unpaired) electrons. The van der Waals surface area contributed by atoms with Gasteiger partial charge < -0.3 is 9.64 Å². The number of nitrogens with zero attached hydrogens (tertiary/aromatic N) is 3. The molecule has 5 heteroatoms. The van der Waals surface area contributed by atoms with E-state index in [0.717, 1.165) is 19.6 Å². The SMILES string of the molecule is CC(C)COC1CCN(C(=O)c2ccnnc2)C1. The quantitative estimate of drug-likeness (QED) is 0.808. The van der Waals surface area contributed by atoms with E-state index in [1.54, 1.807) is 6.07 Å². The minimum Gasteiger partial charge on any atom is -0.376 e. The third-order valence-electron chi connectivity index (χ3n) is 2.93. The van der Waals surface area contributed by atoms with Gasteiger partial charge in [0.25, 0.3) is 5.91 Å². The van der Waals surface area contributed by atoms with E-state index >= 15 is 0 Å². The van der Waals surface area contributed by atoms with Crippen molar-refractivity contribution in [2.45, 2.75) is 26.4 Å². The van der Waals surface area contributed by atoms with Crippen molar-refractivity contribution in [3.8, 4) is 0 Å². The minimum absolute atomic E-state index is 0.0144. The zero-order valence-electron chi connectivity index (χ0n) is 10.9. The zero-order valence-corrected chi connectivity index (χ0v) is 10.9. The summed E-state index contributed by atoms with van der Waals surface area (Å²) >= 11 is 0. The maximum absolute atomic E-state index is 12.1. The number of carbonyl (C=O) groups is 1. The smallest absolute Gasteiger partial charge is 0.255 e. The molecule has 2 rings (SSSR count). The molecule has 18 heavy (non-hydrogen) atoms. The van der Waals surface area contributed by atoms with Crippen LogP contribution in [-0.2, 0) is 4.74 Å². The van der Waals surface area contributed by atoms with Gasteiger partial charge in [0.1, 0.15) is 0 Å². The van der Waals surface area contributed by atoms with E-state index in [-0.39, 0.29) is 12.0 Å². The average molecular weight is 249 g/mol. The summed E-state index contributed by atoms with van der Waals surface area (Å²) in [6.45, 7) is 6.43. The fraction of sp³-hybridized carbons (Fsp3) is 0.615. The van der Waals surface area contributed by atoms with Gasteiger partial charge >= 0.3 is 0 Å². The van der Waals surface area contributed by atoms with Crippen LogP contribution in [0.2, 0.25) is 0 Å². The van der Waals surface area contributed by atoms with E-state index in [4.69, 9.17) is 4.74 Å². The number of hydrogen-bond donors (Lipinski definition) is 0. The molecule has 0 spiro atoms. The molecule has 0 bridgehead atoms. The number of amides is 1. The molecule has 1 amide bonds. The van der Waals surface area contributed by atoms with Gasteiger partial charge in [0.15, 0.2) is 0 Å². The van der Waals surface area contributed by atoms with Crippen LogP contribution in [0.25, 0.3) is 0 Å². The van der Waals surface area contributed by atoms with E-state index in [2.05, 4.69) is 24.0 Å². The Kier molecular flexibility index (Phi) is 4.25. The molecule has 5 nitrogen and oxygen atoms in total. The standard InChI is InChI=1S/C13H19N3O2/c1-10(2)9-18-12-4-6-16(8-12)13(17)11-3-5-14-15-7-11/h3,5,7,10,12H,4,6,8-9H2,1-2H3. The highest BCUT2D eigenvalue weighted by molar-refractivity contribution is 5.93. The lowest BCUT2D eigenvalue weighted by Gasteiger charge is -2.17. The van der Waals surface area contributed by atoms with E-state index in [9.17, 15) is 4.79 Å². The normalized spacial score (nSPS) is 19.5. The fourth-order valence-electron chi connectivity index (χ4n) is 1.98. The third kappa shape index (κ3) is 3.26. The molecule has 0 aliphatic carbocycles. The van der Waals surface area contributed by atoms with Crippen LogP contribution in [0.3, 0.4) is 0 Å². The van der Waals surface area contributed by atoms with Gasteiger partial charge in [-0.3, -0.25) is 4.79 Å². The summed E-state index contributed by atoms with van der Waals surface area (Å²) in [5.74, 6) is 0.541. The Bertz CT molecular complexity index is 394. The highest BCUT2D eigenvalue weighted by atomic mass is 16.5. The molecule has 0 aromatic carbocycles. The van der Waals surface area contributed by atoms with Gasteiger partial charge in [-0.2, -0.15) is 10.2 Å². The van der Waals surface area contributed by atoms with Crippen LogP contribution in [0.1, 0.15) is 30.6 Å². The van der Waals surface area contributed by atoms with Gasteiger partial charge in [-0.15, -0.1) is 0 Å². The number of likely N-dealkylation sites (tertiary alicyclic amines) is 1. The molecular formula is C13H19N3O2. The lowest BCUT2D eigenvalue weighted by molar-refractivity contribution is 0.0396. The number of aromatic nitrogens is 2. The summed E-state index contributed by atoms with van der Waals surface area (Å²) in [4.78, 5) is 14.0. The van der Waals surface area contributed by atoms with Crippen LogP contribution >= 0.6 is 0 Å². The molecule has 1 aromatic heterocycles. The molecule has 0 saturated carbocycles. The van der Waals surface area contributed by atoms with Crippen molar-refractivity contribution >= 4 is 5.91 Å². The molecule has 1 unspecified atom stereocenters. The van der Waals surface area contributed by atoms with Gasteiger partial charge in [-0.25, -0.2) is 0 Å². The Morgan fingerprint density at radius 3 is 3.06 bits per heavy atom. The highest BCUT2D eigenvalue weighted by Gasteiger charge is 2.27. The number of hydrogen-bond acceptors (Lipinski definition) is 4. The van der Waals surface area contributed by atoms with Crippen LogP contribution in [0.15, 0.2) is 18.5 Å². The van der Waals surface area contributed by atoms with Crippen molar-refractivity contribution in [2.24, 2.45) is 5.92 Å². The Morgan fingerprint density at radius 1 is 1.56 bits per heavy atom. The zero-order chi connectivity index (χ0) is 13.0. The van der Waals surface area contributed by atoms with Gasteiger partial charge in [0.05, 0.1) is 24.1 Å². The highest BCUT2D eigenvalue weighted by Crippen LogP contribution is 2.16. The summed E-state index contributed by atoms with van der Waals surface area (Å²) in [5, 5.41) is 7.40. The molecule has 98 valence electrons. The van der Waals surface area contributed by atoms with Crippen molar-refractivity contribution in [3.63, 3.8) is 0 Å². The molecule has 1 aliphatic heterocycles. The monoisotopic (exact) mass is 249 g/mol. The summed E-state index contributed by atoms with van der Waals surface area (Å²) in [6.07, 6.45) is 4.13. The fourth-order valence-corrected chi connectivity index (χ4v) is 1.98. The second kappa shape index (κ2) is 5.91. The van der Waals surface area contributed by atoms with Gasteiger partial charge in [-0.1, -0.05) is 13.8 Å². The third-order valence-corrected chi connectivity index (χ3v) is 2.93. The maximum Gasteiger partial charge on any atom is 0.255 e. The molecule has 1 atom stereocenters. The minimum atomic E-state index is 0.0144. The first-order valence-electron chi connectivity index (χ1n) is 6.34. The van der Waals surface area contributed by atoms with Crippen molar-refractivity contribution < 1.29 is 9.53 Å². The molecule has 1 aliphatic rings. The van der Waals surface area contributed by atoms with E-state index in [1.807, 2.05) is 4.90 Å². The summed E-state index contributed by atoms with van der Waals surface area (Å²) in [7, 11) is 0. The molecule has 1 aromatic rings. The van der Waals surface area contributed by atoms with Gasteiger partial charge in [0, 0.05) is 19.7 Å². The molecular weight excluding hydrogens is 230 g/mol. The van der Waals surface area contributed by atoms with Crippen molar-refractivity contribution in [1.82, 2.24) is 15.1 Å². The Balaban J connectivity index is 1.87. The van der Waals surface area contributed by atoms with E-state index in [0.29, 0.717) is 18.0 Å². The van der Waals surface area contributed by atoms with E-state index < -0.39 is 0 Å². The lowest BCUT2D eigenvalue weighted by Crippen LogP contribution is -2.30. The first kappa shape index (κ1) is 13.0. The second-order valence-corrected chi connectivity index (χ2v) is 5.02. The number of rotatable bonds is 4. The number of carbonyl (C=O) groups excluding carboxylic acids is 1. The maximum atomic E-state index is 12.1. The summed E-state index contributed by atoms with van der Waals surface area (Å²) < 4.78 is 5.76. The largest absolute Gasteiger partial charge is 0.376 e. The predicted octanol–water partition coefficient (Wildman–Crippen LogP) is 1.36. The Morgan fingerprint density at radius 2 is 2.39 bits per heavy atom. The average Bonchev–Trinajstić information content (AvgIpc) is 2.85. The van der Waals surface area contributed by atoms with Crippen molar-refractivity contribution in [1.29, 1.82) is 0 Å². The van der Waals surface area contributed by atoms with Gasteiger partial charge in [0.2, 0.25) is 0 Å². The molecule has 1 fully saturated rings. The molecule has 1 saturated heterocycles. The Hall–Kier alpha value is -1.49. The molecule has 2 heterocycles. The lowest BCUT2D eigenvalue weighted by atomic mass is 10.2. The van der Waals surface area contributed by atoms with Crippen molar-refractivity contribution in [2.75, 3.05) is 19.7 Å². The van der Waals surface area contributed by atoms with Gasteiger partial charge in [-0.05, 0) is 18.4 Å². The number of ether oxygens (including phenoxy) is 1. The van der Waals surface area contributed by atoms with Crippen LogP contribution in [-0.4, -0.2) is 46.8 Å². The van der Waals surface area contributed by atoms with Crippen LogP contribution in [0.4, 0.5) is 0 Å². The van der Waals surface area contributed by atoms with Crippen molar-refractivity contribution in [3.05, 3.63) is 24.0 Å². The van der Waals surface area contributed by atoms with Crippen LogP contribution in [0, 0.1) is 5.92 Å². The van der Waals surface area contributed by atoms with E-state index in [1.165, 1.54) is 12.4 Å². The summed E-state index contributed by atoms with van der Waals surface area (Å²) in [6, 6.07) is 1.69. The second-order valence-electron chi connectivity index (χ2n) is 5.02. The first-order chi connectivity index (χ1) is 8.66. The first-order valence-corrected chi connectivity index (χ1v) is 6.34. The van der Waals surface area contributed by atoms with Crippen LogP contribution in [0.5, 0.6) is 0 Å². The predicted molar refractivity (Wildman–Crippen MR) is 67.1 cm³/mol. The molecule has 0 N–H and O–H groups in total. The summed E-state index contributed by atoms with van der Waals surface area (Å²) in [5.41, 5.74) is 0.592. The Labute approximate surface area is 107 Å².